The van der Waals surface area contributed by atoms with E-state index in [9.17, 15) is 5.11 Å². The van der Waals surface area contributed by atoms with Crippen molar-refractivity contribution in [2.24, 2.45) is 0 Å². The Kier molecular flexibility index (Phi) is 2.71. The Morgan fingerprint density at radius 2 is 1.67 bits per heavy atom. The van der Waals surface area contributed by atoms with Crippen molar-refractivity contribution in [1.82, 2.24) is 0 Å². The van der Waals surface area contributed by atoms with Crippen LogP contribution in [0.5, 0.6) is 0 Å². The van der Waals surface area contributed by atoms with Crippen molar-refractivity contribution in [2.75, 3.05) is 0 Å². The van der Waals surface area contributed by atoms with E-state index in [2.05, 4.69) is 50.2 Å². The zero-order chi connectivity index (χ0) is 12.7. The van der Waals surface area contributed by atoms with Crippen LogP contribution in [0, 0.1) is 13.8 Å². The van der Waals surface area contributed by atoms with E-state index < -0.39 is 0 Å². The van der Waals surface area contributed by atoms with E-state index in [-0.39, 0.29) is 6.10 Å². The fourth-order valence-corrected chi connectivity index (χ4v) is 2.92. The van der Waals surface area contributed by atoms with Crippen molar-refractivity contribution >= 4 is 0 Å². The van der Waals surface area contributed by atoms with Crippen molar-refractivity contribution in [1.29, 1.82) is 0 Å². The number of hydrogen-bond donors (Lipinski definition) is 1. The molecule has 2 aromatic carbocycles. The maximum Gasteiger partial charge on any atom is 0.0795 e. The van der Waals surface area contributed by atoms with Crippen LogP contribution in [0.15, 0.2) is 36.4 Å². The Balaban J connectivity index is 2.07. The van der Waals surface area contributed by atoms with Crippen molar-refractivity contribution in [3.63, 3.8) is 0 Å². The van der Waals surface area contributed by atoms with E-state index in [1.54, 1.807) is 0 Å². The molecule has 0 radical (unpaired) electrons. The second-order valence-electron chi connectivity index (χ2n) is 5.34. The van der Waals surface area contributed by atoms with Crippen molar-refractivity contribution in [3.8, 4) is 11.1 Å². The second-order valence-corrected chi connectivity index (χ2v) is 5.34. The summed E-state index contributed by atoms with van der Waals surface area (Å²) in [5.74, 6) is 0. The maximum absolute atomic E-state index is 9.83. The smallest absolute Gasteiger partial charge is 0.0795 e. The van der Waals surface area contributed by atoms with E-state index in [0.717, 1.165) is 18.4 Å². The molecule has 92 valence electrons. The van der Waals surface area contributed by atoms with Gasteiger partial charge in [-0.25, -0.2) is 0 Å². The van der Waals surface area contributed by atoms with Gasteiger partial charge in [0.25, 0.3) is 0 Å². The van der Waals surface area contributed by atoms with Gasteiger partial charge < -0.3 is 5.11 Å². The summed E-state index contributed by atoms with van der Waals surface area (Å²) in [7, 11) is 0. The average molecular weight is 238 g/mol. The molecule has 2 aromatic rings. The number of aliphatic hydroxyl groups excluding tert-OH is 1. The van der Waals surface area contributed by atoms with Crippen LogP contribution in [0.4, 0.5) is 0 Å². The Morgan fingerprint density at radius 3 is 2.39 bits per heavy atom. The van der Waals surface area contributed by atoms with Gasteiger partial charge in [-0.15, -0.1) is 0 Å². The largest absolute Gasteiger partial charge is 0.388 e. The molecule has 3 rings (SSSR count). The minimum absolute atomic E-state index is 0.256. The molecule has 18 heavy (non-hydrogen) atoms. The highest BCUT2D eigenvalue weighted by atomic mass is 16.3. The molecule has 1 unspecified atom stereocenters. The molecule has 1 atom stereocenters. The fraction of sp³-hybridized carbons (Fsp3) is 0.294. The van der Waals surface area contributed by atoms with Gasteiger partial charge >= 0.3 is 0 Å². The van der Waals surface area contributed by atoms with Gasteiger partial charge in [0, 0.05) is 0 Å². The quantitative estimate of drug-likeness (QED) is 0.797. The highest BCUT2D eigenvalue weighted by Crippen LogP contribution is 2.34. The third kappa shape index (κ3) is 1.95. The highest BCUT2D eigenvalue weighted by Gasteiger charge is 2.20. The Labute approximate surface area is 108 Å². The number of hydrogen-bond acceptors (Lipinski definition) is 1. The monoisotopic (exact) mass is 238 g/mol. The summed E-state index contributed by atoms with van der Waals surface area (Å²) in [4.78, 5) is 0. The first kappa shape index (κ1) is 11.5. The summed E-state index contributed by atoms with van der Waals surface area (Å²) in [6, 6.07) is 13.1. The Hall–Kier alpha value is -1.60. The Morgan fingerprint density at radius 1 is 0.944 bits per heavy atom. The topological polar surface area (TPSA) is 20.2 Å². The number of fused-ring (bicyclic) bond motifs is 1. The van der Waals surface area contributed by atoms with Crippen LogP contribution in [0.2, 0.25) is 0 Å². The molecule has 1 aliphatic rings. The van der Waals surface area contributed by atoms with Gasteiger partial charge in [0.15, 0.2) is 0 Å². The van der Waals surface area contributed by atoms with Gasteiger partial charge in [-0.05, 0) is 48.9 Å². The molecule has 1 heteroatoms. The molecule has 0 saturated heterocycles. The second kappa shape index (κ2) is 4.25. The Bertz CT molecular complexity index is 578. The summed E-state index contributed by atoms with van der Waals surface area (Å²) < 4.78 is 0. The third-order valence-corrected chi connectivity index (χ3v) is 3.74. The van der Waals surface area contributed by atoms with Gasteiger partial charge in [-0.3, -0.25) is 0 Å². The molecule has 0 fully saturated rings. The van der Waals surface area contributed by atoms with Gasteiger partial charge in [0.1, 0.15) is 0 Å². The molecular formula is C17H18O. The maximum atomic E-state index is 9.83. The standard InChI is InChI=1S/C17H18O/c1-11-7-12(2)9-15(8-11)13-3-5-16-14(10-13)4-6-17(16)18/h3,5,7-10,17-18H,4,6H2,1-2H3. The lowest BCUT2D eigenvalue weighted by molar-refractivity contribution is 0.180. The van der Waals surface area contributed by atoms with E-state index >= 15 is 0 Å². The molecule has 0 aliphatic heterocycles. The molecule has 0 spiro atoms. The van der Waals surface area contributed by atoms with Crippen molar-refractivity contribution < 1.29 is 5.11 Å². The van der Waals surface area contributed by atoms with Gasteiger partial charge in [0.2, 0.25) is 0 Å². The van der Waals surface area contributed by atoms with Crippen LogP contribution in [-0.4, -0.2) is 5.11 Å². The molecule has 1 N–H and O–H groups in total. The zero-order valence-corrected chi connectivity index (χ0v) is 10.9. The van der Waals surface area contributed by atoms with Gasteiger partial charge in [0.05, 0.1) is 6.10 Å². The van der Waals surface area contributed by atoms with Crippen molar-refractivity contribution in [2.45, 2.75) is 32.8 Å². The molecular weight excluding hydrogens is 220 g/mol. The minimum Gasteiger partial charge on any atom is -0.388 e. The zero-order valence-electron chi connectivity index (χ0n) is 10.9. The fourth-order valence-electron chi connectivity index (χ4n) is 2.92. The van der Waals surface area contributed by atoms with Crippen molar-refractivity contribution in [3.05, 3.63) is 58.7 Å². The number of aliphatic hydroxyl groups is 1. The SMILES string of the molecule is Cc1cc(C)cc(-c2ccc3c(c2)CCC3O)c1. The third-order valence-electron chi connectivity index (χ3n) is 3.74. The van der Waals surface area contributed by atoms with E-state index in [1.165, 1.54) is 27.8 Å². The van der Waals surface area contributed by atoms with Gasteiger partial charge in [-0.2, -0.15) is 0 Å². The minimum atomic E-state index is -0.256. The normalized spacial score (nSPS) is 17.8. The van der Waals surface area contributed by atoms with E-state index in [0.29, 0.717) is 0 Å². The first-order chi connectivity index (χ1) is 8.63. The molecule has 0 amide bonds. The lowest BCUT2D eigenvalue weighted by Gasteiger charge is -2.09. The first-order valence-electron chi connectivity index (χ1n) is 6.53. The highest BCUT2D eigenvalue weighted by molar-refractivity contribution is 5.67. The molecule has 0 heterocycles. The molecule has 0 saturated carbocycles. The van der Waals surface area contributed by atoms with Crippen LogP contribution in [-0.2, 0) is 6.42 Å². The average Bonchev–Trinajstić information content (AvgIpc) is 2.69. The van der Waals surface area contributed by atoms with Crippen LogP contribution in [0.3, 0.4) is 0 Å². The number of benzene rings is 2. The predicted octanol–water partition coefficient (Wildman–Crippen LogP) is 3.95. The van der Waals surface area contributed by atoms with Crippen LogP contribution in [0.25, 0.3) is 11.1 Å². The summed E-state index contributed by atoms with van der Waals surface area (Å²) in [6.45, 7) is 4.27. The molecule has 0 bridgehead atoms. The van der Waals surface area contributed by atoms with Crippen LogP contribution in [0.1, 0.15) is 34.8 Å². The van der Waals surface area contributed by atoms with E-state index in [1.807, 2.05) is 0 Å². The van der Waals surface area contributed by atoms with Crippen LogP contribution < -0.4 is 0 Å². The summed E-state index contributed by atoms with van der Waals surface area (Å²) in [5.41, 5.74) is 7.55. The predicted molar refractivity (Wildman–Crippen MR) is 74.6 cm³/mol. The molecule has 0 aromatic heterocycles. The number of rotatable bonds is 1. The summed E-state index contributed by atoms with van der Waals surface area (Å²) in [6.07, 6.45) is 1.61. The summed E-state index contributed by atoms with van der Waals surface area (Å²) in [5, 5.41) is 9.83. The number of aryl methyl sites for hydroxylation is 3. The lowest BCUT2D eigenvalue weighted by Crippen LogP contribution is -1.90. The molecule has 1 aliphatic carbocycles. The first-order valence-corrected chi connectivity index (χ1v) is 6.53. The van der Waals surface area contributed by atoms with E-state index in [4.69, 9.17) is 0 Å². The molecule has 1 nitrogen and oxygen atoms in total. The van der Waals surface area contributed by atoms with Gasteiger partial charge in [-0.1, -0.05) is 47.5 Å². The summed E-state index contributed by atoms with van der Waals surface area (Å²) >= 11 is 0. The van der Waals surface area contributed by atoms with Crippen LogP contribution >= 0.6 is 0 Å². The lowest BCUT2D eigenvalue weighted by atomic mass is 9.97.